The number of rotatable bonds is 3. The van der Waals surface area contributed by atoms with E-state index in [1.54, 1.807) is 32.9 Å². The van der Waals surface area contributed by atoms with E-state index in [9.17, 15) is 27.6 Å². The number of fused-ring (bicyclic) bond motifs is 1. The van der Waals surface area contributed by atoms with E-state index in [0.29, 0.717) is 27.3 Å². The molecule has 1 saturated carbocycles. The Morgan fingerprint density at radius 3 is 2.33 bits per heavy atom. The van der Waals surface area contributed by atoms with E-state index in [1.165, 1.54) is 13.4 Å². The summed E-state index contributed by atoms with van der Waals surface area (Å²) in [4.78, 5) is 48.2. The maximum absolute atomic E-state index is 13.6. The zero-order valence-corrected chi connectivity index (χ0v) is 22.6. The van der Waals surface area contributed by atoms with Crippen LogP contribution in [0.2, 0.25) is 5.15 Å². The first-order valence-corrected chi connectivity index (χ1v) is 12.6. The van der Waals surface area contributed by atoms with Crippen LogP contribution in [0.4, 0.5) is 18.0 Å². The number of imide groups is 1. The molecule has 39 heavy (non-hydrogen) atoms. The lowest BCUT2D eigenvalue weighted by Gasteiger charge is -2.51. The number of halogens is 4. The zero-order valence-electron chi connectivity index (χ0n) is 21.8. The average Bonchev–Trinajstić information content (AvgIpc) is 2.85. The van der Waals surface area contributed by atoms with Gasteiger partial charge in [0.1, 0.15) is 22.6 Å². The van der Waals surface area contributed by atoms with Gasteiger partial charge in [-0.2, -0.15) is 13.2 Å². The third-order valence-corrected chi connectivity index (χ3v) is 7.04. The van der Waals surface area contributed by atoms with E-state index in [0.717, 1.165) is 4.90 Å². The van der Waals surface area contributed by atoms with E-state index >= 15 is 0 Å². The number of nitrogens with zero attached hydrogens (tertiary/aromatic N) is 4. The molecule has 1 aromatic carbocycles. The molecule has 2 heterocycles. The number of carbonyl (C=O) groups excluding carboxylic acids is 3. The first kappa shape index (κ1) is 28.7. The lowest BCUT2D eigenvalue weighted by atomic mass is 9.76. The third-order valence-electron chi connectivity index (χ3n) is 6.73. The predicted molar refractivity (Wildman–Crippen MR) is 132 cm³/mol. The van der Waals surface area contributed by atoms with Crippen molar-refractivity contribution >= 4 is 40.4 Å². The molecule has 1 aromatic heterocycles. The Morgan fingerprint density at radius 2 is 1.74 bits per heavy atom. The molecule has 0 atom stereocenters. The van der Waals surface area contributed by atoms with Gasteiger partial charge in [0.2, 0.25) is 0 Å². The van der Waals surface area contributed by atoms with Crippen molar-refractivity contribution in [2.75, 3.05) is 20.2 Å². The number of methoxy groups -OCH3 is 1. The summed E-state index contributed by atoms with van der Waals surface area (Å²) in [6.45, 7) is 3.95. The van der Waals surface area contributed by atoms with Crippen LogP contribution in [0.3, 0.4) is 0 Å². The van der Waals surface area contributed by atoms with Gasteiger partial charge in [0.15, 0.2) is 11.5 Å². The van der Waals surface area contributed by atoms with Crippen molar-refractivity contribution in [3.8, 4) is 11.5 Å². The van der Waals surface area contributed by atoms with E-state index in [2.05, 4.69) is 9.97 Å². The normalized spacial score (nSPS) is 22.3. The van der Waals surface area contributed by atoms with Gasteiger partial charge in [-0.3, -0.25) is 9.59 Å². The smallest absolute Gasteiger partial charge is 0.471 e. The van der Waals surface area contributed by atoms with Gasteiger partial charge in [0.25, 0.3) is 5.91 Å². The molecule has 1 spiro atoms. The largest absolute Gasteiger partial charge is 0.493 e. The molecule has 0 N–H and O–H groups in total. The van der Waals surface area contributed by atoms with Crippen LogP contribution in [0.5, 0.6) is 11.5 Å². The Hall–Kier alpha value is -3.35. The summed E-state index contributed by atoms with van der Waals surface area (Å²) in [7, 11) is 1.44. The molecule has 0 radical (unpaired) electrons. The van der Waals surface area contributed by atoms with Crippen LogP contribution >= 0.6 is 11.6 Å². The standard InChI is InChI=1S/C25H28ClF3N4O6/c1-23(2,3)39-22(36)32-9-10-33(21(35)25(27,28)29)24(20(32)34)7-5-14(6-8-24)38-18-11-15-16(12-17(18)37-4)30-13-31-19(15)26/h11-14H,5-10H2,1-4H3. The van der Waals surface area contributed by atoms with Gasteiger partial charge in [0.05, 0.1) is 18.7 Å². The van der Waals surface area contributed by atoms with E-state index in [1.807, 2.05) is 0 Å². The van der Waals surface area contributed by atoms with Gasteiger partial charge >= 0.3 is 18.2 Å². The lowest BCUT2D eigenvalue weighted by Crippen LogP contribution is -2.71. The molecule has 1 aliphatic carbocycles. The van der Waals surface area contributed by atoms with Gasteiger partial charge in [-0.25, -0.2) is 19.7 Å². The topological polar surface area (TPSA) is 111 Å². The maximum Gasteiger partial charge on any atom is 0.471 e. The van der Waals surface area contributed by atoms with Crippen molar-refractivity contribution in [2.45, 2.75) is 69.9 Å². The highest BCUT2D eigenvalue weighted by Gasteiger charge is 2.59. The SMILES string of the molecule is COc1cc2ncnc(Cl)c2cc1OC1CCC2(CC1)C(=O)N(C(=O)OC(C)(C)C)CCN2C(=O)C(F)(F)F. The quantitative estimate of drug-likeness (QED) is 0.494. The fraction of sp³-hybridized carbons (Fsp3) is 0.560. The van der Waals surface area contributed by atoms with Crippen molar-refractivity contribution in [3.05, 3.63) is 23.6 Å². The Balaban J connectivity index is 1.60. The minimum atomic E-state index is -5.19. The van der Waals surface area contributed by atoms with E-state index in [4.69, 9.17) is 25.8 Å². The average molecular weight is 573 g/mol. The van der Waals surface area contributed by atoms with Gasteiger partial charge < -0.3 is 19.1 Å². The highest BCUT2D eigenvalue weighted by atomic mass is 35.5. The number of aromatic nitrogens is 2. The Morgan fingerprint density at radius 1 is 1.08 bits per heavy atom. The fourth-order valence-electron chi connectivity index (χ4n) is 4.96. The molecular weight excluding hydrogens is 545 g/mol. The fourth-order valence-corrected chi connectivity index (χ4v) is 5.15. The zero-order chi connectivity index (χ0) is 28.8. The highest BCUT2D eigenvalue weighted by molar-refractivity contribution is 6.34. The van der Waals surface area contributed by atoms with Gasteiger partial charge in [-0.15, -0.1) is 0 Å². The summed E-state index contributed by atoms with van der Waals surface area (Å²) < 4.78 is 57.4. The second-order valence-corrected chi connectivity index (χ2v) is 10.8. The number of amides is 3. The Kier molecular flexibility index (Phi) is 7.58. The number of carbonyl (C=O) groups is 3. The van der Waals surface area contributed by atoms with Crippen molar-refractivity contribution in [1.29, 1.82) is 0 Å². The van der Waals surface area contributed by atoms with Crippen molar-refractivity contribution in [3.63, 3.8) is 0 Å². The molecule has 4 rings (SSSR count). The summed E-state index contributed by atoms with van der Waals surface area (Å²) in [5.74, 6) is -2.34. The molecule has 212 valence electrons. The Bertz CT molecular complexity index is 1290. The van der Waals surface area contributed by atoms with Crippen LogP contribution in [0.15, 0.2) is 18.5 Å². The molecule has 0 unspecified atom stereocenters. The van der Waals surface area contributed by atoms with Crippen LogP contribution in [0, 0.1) is 0 Å². The molecule has 0 bridgehead atoms. The summed E-state index contributed by atoms with van der Waals surface area (Å²) in [5.41, 5.74) is -2.27. The minimum absolute atomic E-state index is 0.121. The molecule has 2 aliphatic rings. The number of alkyl halides is 3. The molecular formula is C25H28ClF3N4O6. The molecule has 1 saturated heterocycles. The summed E-state index contributed by atoms with van der Waals surface area (Å²) in [6.07, 6.45) is -5.45. The maximum atomic E-state index is 13.6. The van der Waals surface area contributed by atoms with Crippen LogP contribution in [0.25, 0.3) is 10.9 Å². The first-order valence-electron chi connectivity index (χ1n) is 12.2. The van der Waals surface area contributed by atoms with E-state index in [-0.39, 0.29) is 30.8 Å². The monoisotopic (exact) mass is 572 g/mol. The number of hydrogen-bond donors (Lipinski definition) is 0. The lowest BCUT2D eigenvalue weighted by molar-refractivity contribution is -0.199. The summed E-state index contributed by atoms with van der Waals surface area (Å²) in [6, 6.07) is 3.23. The van der Waals surface area contributed by atoms with E-state index < -0.39 is 54.4 Å². The van der Waals surface area contributed by atoms with Crippen molar-refractivity contribution in [1.82, 2.24) is 19.8 Å². The predicted octanol–water partition coefficient (Wildman–Crippen LogP) is 4.52. The second kappa shape index (κ2) is 10.3. The number of piperazine rings is 1. The molecule has 14 heteroatoms. The number of ether oxygens (including phenoxy) is 3. The number of benzene rings is 1. The second-order valence-electron chi connectivity index (χ2n) is 10.4. The van der Waals surface area contributed by atoms with Gasteiger partial charge in [-0.1, -0.05) is 11.6 Å². The number of hydrogen-bond acceptors (Lipinski definition) is 8. The van der Waals surface area contributed by atoms with Gasteiger partial charge in [-0.05, 0) is 52.5 Å². The first-order chi connectivity index (χ1) is 18.2. The molecule has 3 amide bonds. The summed E-state index contributed by atoms with van der Waals surface area (Å²) >= 11 is 6.19. The van der Waals surface area contributed by atoms with Crippen LogP contribution in [-0.4, -0.2) is 81.3 Å². The molecule has 2 aromatic rings. The Labute approximate surface area is 227 Å². The molecule has 10 nitrogen and oxygen atoms in total. The highest BCUT2D eigenvalue weighted by Crippen LogP contribution is 2.42. The van der Waals surface area contributed by atoms with Gasteiger partial charge in [0, 0.05) is 24.5 Å². The molecule has 1 aliphatic heterocycles. The summed E-state index contributed by atoms with van der Waals surface area (Å²) in [5, 5.41) is 0.714. The van der Waals surface area contributed by atoms with Crippen molar-refractivity contribution < 1.29 is 41.8 Å². The molecule has 2 fully saturated rings. The van der Waals surface area contributed by atoms with Crippen LogP contribution in [0.1, 0.15) is 46.5 Å². The van der Waals surface area contributed by atoms with Crippen LogP contribution in [-0.2, 0) is 14.3 Å². The van der Waals surface area contributed by atoms with Crippen molar-refractivity contribution in [2.24, 2.45) is 0 Å². The minimum Gasteiger partial charge on any atom is -0.493 e. The van der Waals surface area contributed by atoms with Crippen LogP contribution < -0.4 is 9.47 Å². The third kappa shape index (κ3) is 5.68.